The minimum Gasteiger partial charge on any atom is -0.489 e. The lowest BCUT2D eigenvalue weighted by atomic mass is 9.87. The SMILES string of the molecule is CCNC1C(Oc2ccc(F)cc2C)CCC1(C)C. The van der Waals surface area contributed by atoms with Gasteiger partial charge in [-0.15, -0.1) is 0 Å². The van der Waals surface area contributed by atoms with E-state index in [-0.39, 0.29) is 17.3 Å². The Bertz CT molecular complexity index is 444. The number of hydrogen-bond donors (Lipinski definition) is 1. The number of rotatable bonds is 4. The van der Waals surface area contributed by atoms with Gasteiger partial charge in [0.15, 0.2) is 0 Å². The lowest BCUT2D eigenvalue weighted by Gasteiger charge is -2.31. The smallest absolute Gasteiger partial charge is 0.123 e. The average Bonchev–Trinajstić information content (AvgIpc) is 2.60. The van der Waals surface area contributed by atoms with E-state index in [1.54, 1.807) is 6.07 Å². The number of nitrogens with one attached hydrogen (secondary N) is 1. The van der Waals surface area contributed by atoms with Gasteiger partial charge in [0.05, 0.1) is 0 Å². The van der Waals surface area contributed by atoms with Crippen LogP contribution in [0, 0.1) is 18.2 Å². The van der Waals surface area contributed by atoms with Gasteiger partial charge in [0, 0.05) is 6.04 Å². The van der Waals surface area contributed by atoms with Crippen molar-refractivity contribution in [1.82, 2.24) is 5.32 Å². The molecule has 2 atom stereocenters. The van der Waals surface area contributed by atoms with Crippen LogP contribution < -0.4 is 10.1 Å². The fourth-order valence-electron chi connectivity index (χ4n) is 3.00. The van der Waals surface area contributed by atoms with Gasteiger partial charge in [-0.1, -0.05) is 20.8 Å². The maximum absolute atomic E-state index is 13.1. The molecule has 106 valence electrons. The first-order chi connectivity index (χ1) is 8.94. The topological polar surface area (TPSA) is 21.3 Å². The zero-order chi connectivity index (χ0) is 14.0. The van der Waals surface area contributed by atoms with Crippen LogP contribution in [0.2, 0.25) is 0 Å². The molecular formula is C16H24FNO. The van der Waals surface area contributed by atoms with Crippen molar-refractivity contribution in [3.8, 4) is 5.75 Å². The van der Waals surface area contributed by atoms with Crippen LogP contribution >= 0.6 is 0 Å². The highest BCUT2D eigenvalue weighted by molar-refractivity contribution is 5.33. The molecule has 0 saturated heterocycles. The number of halogens is 1. The molecule has 0 amide bonds. The summed E-state index contributed by atoms with van der Waals surface area (Å²) in [6.07, 6.45) is 2.36. The van der Waals surface area contributed by atoms with E-state index >= 15 is 0 Å². The second-order valence-corrected chi connectivity index (χ2v) is 6.13. The standard InChI is InChI=1S/C16H24FNO/c1-5-18-15-14(8-9-16(15,3)4)19-13-7-6-12(17)10-11(13)2/h6-7,10,14-15,18H,5,8-9H2,1-4H3. The Morgan fingerprint density at radius 3 is 2.79 bits per heavy atom. The first kappa shape index (κ1) is 14.3. The highest BCUT2D eigenvalue weighted by atomic mass is 19.1. The third-order valence-electron chi connectivity index (χ3n) is 4.13. The average molecular weight is 265 g/mol. The Kier molecular flexibility index (Phi) is 4.14. The summed E-state index contributed by atoms with van der Waals surface area (Å²) < 4.78 is 19.2. The van der Waals surface area contributed by atoms with Gasteiger partial charge in [-0.05, 0) is 55.5 Å². The summed E-state index contributed by atoms with van der Waals surface area (Å²) in [7, 11) is 0. The maximum Gasteiger partial charge on any atom is 0.123 e. The molecule has 2 unspecified atom stereocenters. The molecule has 0 aromatic heterocycles. The normalized spacial score (nSPS) is 25.5. The summed E-state index contributed by atoms with van der Waals surface area (Å²) in [5, 5.41) is 3.54. The van der Waals surface area contributed by atoms with E-state index in [0.717, 1.165) is 30.7 Å². The molecular weight excluding hydrogens is 241 g/mol. The Hall–Kier alpha value is -1.09. The van der Waals surface area contributed by atoms with Gasteiger partial charge >= 0.3 is 0 Å². The number of ether oxygens (including phenoxy) is 1. The minimum atomic E-state index is -0.208. The molecule has 0 aliphatic heterocycles. The van der Waals surface area contributed by atoms with Crippen molar-refractivity contribution in [1.29, 1.82) is 0 Å². The summed E-state index contributed by atoms with van der Waals surface area (Å²) in [5.74, 6) is 0.590. The van der Waals surface area contributed by atoms with Crippen molar-refractivity contribution in [2.24, 2.45) is 5.41 Å². The molecule has 1 fully saturated rings. The van der Waals surface area contributed by atoms with Crippen molar-refractivity contribution in [3.63, 3.8) is 0 Å². The van der Waals surface area contributed by atoms with Crippen LogP contribution in [-0.4, -0.2) is 18.7 Å². The fourth-order valence-corrected chi connectivity index (χ4v) is 3.00. The summed E-state index contributed by atoms with van der Waals surface area (Å²) in [6.45, 7) is 9.51. The van der Waals surface area contributed by atoms with Gasteiger partial charge in [0.25, 0.3) is 0 Å². The molecule has 0 bridgehead atoms. The second kappa shape index (κ2) is 5.49. The van der Waals surface area contributed by atoms with Crippen LogP contribution in [-0.2, 0) is 0 Å². The van der Waals surface area contributed by atoms with Crippen LogP contribution in [0.1, 0.15) is 39.2 Å². The van der Waals surface area contributed by atoms with Gasteiger partial charge in [-0.25, -0.2) is 4.39 Å². The highest BCUT2D eigenvalue weighted by Crippen LogP contribution is 2.39. The van der Waals surface area contributed by atoms with Crippen LogP contribution in [0.15, 0.2) is 18.2 Å². The number of hydrogen-bond acceptors (Lipinski definition) is 2. The van der Waals surface area contributed by atoms with Crippen molar-refractivity contribution in [2.75, 3.05) is 6.54 Å². The largest absolute Gasteiger partial charge is 0.489 e. The van der Waals surface area contributed by atoms with Crippen molar-refractivity contribution in [2.45, 2.75) is 52.7 Å². The van der Waals surface area contributed by atoms with Crippen molar-refractivity contribution < 1.29 is 9.13 Å². The molecule has 2 nitrogen and oxygen atoms in total. The minimum absolute atomic E-state index is 0.166. The zero-order valence-corrected chi connectivity index (χ0v) is 12.3. The highest BCUT2D eigenvalue weighted by Gasteiger charge is 2.42. The molecule has 2 rings (SSSR count). The molecule has 1 aliphatic carbocycles. The lowest BCUT2D eigenvalue weighted by Crippen LogP contribution is -2.46. The summed E-state index contributed by atoms with van der Waals surface area (Å²) >= 11 is 0. The summed E-state index contributed by atoms with van der Waals surface area (Å²) in [5.41, 5.74) is 1.11. The van der Waals surface area contributed by atoms with Crippen molar-refractivity contribution in [3.05, 3.63) is 29.6 Å². The predicted molar refractivity (Wildman–Crippen MR) is 76.0 cm³/mol. The van der Waals surface area contributed by atoms with Gasteiger partial charge < -0.3 is 10.1 Å². The second-order valence-electron chi connectivity index (χ2n) is 6.13. The van der Waals surface area contributed by atoms with Gasteiger partial charge in [-0.3, -0.25) is 0 Å². The van der Waals surface area contributed by atoms with Crippen LogP contribution in [0.5, 0.6) is 5.75 Å². The van der Waals surface area contributed by atoms with E-state index in [1.165, 1.54) is 12.1 Å². The van der Waals surface area contributed by atoms with E-state index in [1.807, 2.05) is 6.92 Å². The Morgan fingerprint density at radius 2 is 2.16 bits per heavy atom. The molecule has 1 saturated carbocycles. The third-order valence-corrected chi connectivity index (χ3v) is 4.13. The van der Waals surface area contributed by atoms with Gasteiger partial charge in [0.2, 0.25) is 0 Å². The molecule has 0 spiro atoms. The van der Waals surface area contributed by atoms with E-state index in [2.05, 4.69) is 26.1 Å². The molecule has 1 N–H and O–H groups in total. The first-order valence-corrected chi connectivity index (χ1v) is 7.10. The molecule has 1 aliphatic rings. The first-order valence-electron chi connectivity index (χ1n) is 7.10. The zero-order valence-electron chi connectivity index (χ0n) is 12.3. The Morgan fingerprint density at radius 1 is 1.42 bits per heavy atom. The quantitative estimate of drug-likeness (QED) is 0.896. The summed E-state index contributed by atoms with van der Waals surface area (Å²) in [6, 6.07) is 5.07. The van der Waals surface area contributed by atoms with Gasteiger partial charge in [-0.2, -0.15) is 0 Å². The van der Waals surface area contributed by atoms with Crippen LogP contribution in [0.4, 0.5) is 4.39 Å². The van der Waals surface area contributed by atoms with E-state index in [9.17, 15) is 4.39 Å². The molecule has 19 heavy (non-hydrogen) atoms. The number of aryl methyl sites for hydroxylation is 1. The van der Waals surface area contributed by atoms with Crippen molar-refractivity contribution >= 4 is 0 Å². The van der Waals surface area contributed by atoms with E-state index in [0.29, 0.717) is 6.04 Å². The number of benzene rings is 1. The summed E-state index contributed by atoms with van der Waals surface area (Å²) in [4.78, 5) is 0. The lowest BCUT2D eigenvalue weighted by molar-refractivity contribution is 0.140. The molecule has 0 heterocycles. The molecule has 1 aromatic rings. The van der Waals surface area contributed by atoms with Gasteiger partial charge in [0.1, 0.15) is 17.7 Å². The Labute approximate surface area is 115 Å². The fraction of sp³-hybridized carbons (Fsp3) is 0.625. The molecule has 1 aromatic carbocycles. The Balaban J connectivity index is 2.13. The molecule has 0 radical (unpaired) electrons. The predicted octanol–water partition coefficient (Wildman–Crippen LogP) is 3.68. The maximum atomic E-state index is 13.1. The van der Waals surface area contributed by atoms with E-state index in [4.69, 9.17) is 4.74 Å². The van der Waals surface area contributed by atoms with Crippen LogP contribution in [0.3, 0.4) is 0 Å². The third kappa shape index (κ3) is 3.08. The monoisotopic (exact) mass is 265 g/mol. The molecule has 3 heteroatoms. The number of likely N-dealkylation sites (N-methyl/N-ethyl adjacent to an activating group) is 1. The van der Waals surface area contributed by atoms with Crippen LogP contribution in [0.25, 0.3) is 0 Å². The van der Waals surface area contributed by atoms with E-state index < -0.39 is 0 Å².